The normalized spacial score (nSPS) is 17.0. The predicted molar refractivity (Wildman–Crippen MR) is 65.3 cm³/mol. The Morgan fingerprint density at radius 3 is 2.65 bits per heavy atom. The first-order valence-electron chi connectivity index (χ1n) is 5.51. The Morgan fingerprint density at radius 2 is 2.12 bits per heavy atom. The van der Waals surface area contributed by atoms with Crippen molar-refractivity contribution in [3.05, 3.63) is 17.6 Å². The van der Waals surface area contributed by atoms with E-state index in [1.165, 1.54) is 0 Å². The monoisotopic (exact) mass is 256 g/mol. The number of primary sulfonamides is 1. The molecule has 0 unspecified atom stereocenters. The van der Waals surface area contributed by atoms with Crippen LogP contribution in [-0.4, -0.2) is 36.7 Å². The van der Waals surface area contributed by atoms with Gasteiger partial charge in [0.2, 0.25) is 10.0 Å². The molecule has 94 valence electrons. The van der Waals surface area contributed by atoms with Crippen LogP contribution in [0.1, 0.15) is 18.4 Å². The summed E-state index contributed by atoms with van der Waals surface area (Å²) in [7, 11) is -3.42. The standard InChI is InChI=1S/C10H16N4O2S/c1-3-8-4-10(13-7(2)12-8)14-5-9(6-14)17(11,15)16/h4,9H,3,5-6H2,1-2H3,(H2,11,15,16). The van der Waals surface area contributed by atoms with Gasteiger partial charge in [0, 0.05) is 24.8 Å². The van der Waals surface area contributed by atoms with Crippen LogP contribution < -0.4 is 10.0 Å². The van der Waals surface area contributed by atoms with Crippen molar-refractivity contribution in [2.45, 2.75) is 25.5 Å². The van der Waals surface area contributed by atoms with E-state index in [0.717, 1.165) is 17.9 Å². The van der Waals surface area contributed by atoms with Gasteiger partial charge in [0.05, 0.1) is 0 Å². The van der Waals surface area contributed by atoms with Crippen molar-refractivity contribution >= 4 is 15.8 Å². The van der Waals surface area contributed by atoms with Crippen molar-refractivity contribution in [2.75, 3.05) is 18.0 Å². The highest BCUT2D eigenvalue weighted by atomic mass is 32.2. The van der Waals surface area contributed by atoms with Gasteiger partial charge in [0.1, 0.15) is 16.9 Å². The van der Waals surface area contributed by atoms with Crippen LogP contribution in [0.4, 0.5) is 5.82 Å². The highest BCUT2D eigenvalue weighted by molar-refractivity contribution is 7.89. The summed E-state index contributed by atoms with van der Waals surface area (Å²) in [6.07, 6.45) is 0.836. The fourth-order valence-electron chi connectivity index (χ4n) is 1.79. The molecule has 0 radical (unpaired) electrons. The number of aryl methyl sites for hydroxylation is 2. The highest BCUT2D eigenvalue weighted by Crippen LogP contribution is 2.22. The molecule has 0 atom stereocenters. The first-order valence-corrected chi connectivity index (χ1v) is 7.12. The molecule has 6 nitrogen and oxygen atoms in total. The minimum absolute atomic E-state index is 0.415. The molecule has 0 saturated carbocycles. The molecule has 0 amide bonds. The van der Waals surface area contributed by atoms with Gasteiger partial charge in [-0.2, -0.15) is 0 Å². The average Bonchev–Trinajstić information content (AvgIpc) is 2.12. The van der Waals surface area contributed by atoms with Crippen LogP contribution in [0.3, 0.4) is 0 Å². The number of rotatable bonds is 3. The van der Waals surface area contributed by atoms with Gasteiger partial charge in [-0.15, -0.1) is 0 Å². The number of anilines is 1. The third-order valence-corrected chi connectivity index (χ3v) is 4.10. The maximum absolute atomic E-state index is 11.1. The quantitative estimate of drug-likeness (QED) is 0.810. The predicted octanol–water partition coefficient (Wildman–Crippen LogP) is -0.175. The van der Waals surface area contributed by atoms with E-state index in [9.17, 15) is 8.42 Å². The van der Waals surface area contributed by atoms with Crippen LogP contribution in [-0.2, 0) is 16.4 Å². The molecule has 17 heavy (non-hydrogen) atoms. The van der Waals surface area contributed by atoms with Crippen LogP contribution >= 0.6 is 0 Å². The van der Waals surface area contributed by atoms with E-state index >= 15 is 0 Å². The molecular formula is C10H16N4O2S. The second-order valence-electron chi connectivity index (χ2n) is 4.23. The summed E-state index contributed by atoms with van der Waals surface area (Å²) >= 11 is 0. The minimum atomic E-state index is -3.42. The Hall–Kier alpha value is -1.21. The molecule has 7 heteroatoms. The van der Waals surface area contributed by atoms with Gasteiger partial charge in [0.15, 0.2) is 0 Å². The number of hydrogen-bond acceptors (Lipinski definition) is 5. The molecule has 2 heterocycles. The maximum Gasteiger partial charge on any atom is 0.215 e. The Bertz CT molecular complexity index is 523. The van der Waals surface area contributed by atoms with Crippen LogP contribution in [0.5, 0.6) is 0 Å². The van der Waals surface area contributed by atoms with Gasteiger partial charge < -0.3 is 4.90 Å². The van der Waals surface area contributed by atoms with Gasteiger partial charge in [-0.3, -0.25) is 0 Å². The summed E-state index contributed by atoms with van der Waals surface area (Å²) in [4.78, 5) is 10.5. The molecule has 2 N–H and O–H groups in total. The van der Waals surface area contributed by atoms with Crippen LogP contribution in [0, 0.1) is 6.92 Å². The van der Waals surface area contributed by atoms with Gasteiger partial charge in [-0.05, 0) is 13.3 Å². The number of sulfonamides is 1. The van der Waals surface area contributed by atoms with E-state index in [0.29, 0.717) is 18.9 Å². The van der Waals surface area contributed by atoms with Crippen molar-refractivity contribution in [1.82, 2.24) is 9.97 Å². The average molecular weight is 256 g/mol. The molecular weight excluding hydrogens is 240 g/mol. The van der Waals surface area contributed by atoms with E-state index in [1.807, 2.05) is 24.8 Å². The number of nitrogens with zero attached hydrogens (tertiary/aromatic N) is 3. The van der Waals surface area contributed by atoms with Crippen LogP contribution in [0.15, 0.2) is 6.07 Å². The fraction of sp³-hybridized carbons (Fsp3) is 0.600. The molecule has 0 bridgehead atoms. The Labute approximate surface area is 101 Å². The van der Waals surface area contributed by atoms with E-state index in [2.05, 4.69) is 9.97 Å². The summed E-state index contributed by atoms with van der Waals surface area (Å²) in [5, 5.41) is 4.61. The smallest absolute Gasteiger partial charge is 0.215 e. The lowest BCUT2D eigenvalue weighted by Gasteiger charge is -2.38. The Balaban J connectivity index is 2.14. The summed E-state index contributed by atoms with van der Waals surface area (Å²) in [5.41, 5.74) is 0.964. The van der Waals surface area contributed by atoms with Gasteiger partial charge in [-0.25, -0.2) is 23.5 Å². The zero-order valence-electron chi connectivity index (χ0n) is 9.92. The van der Waals surface area contributed by atoms with Crippen molar-refractivity contribution in [3.8, 4) is 0 Å². The Morgan fingerprint density at radius 1 is 1.47 bits per heavy atom. The molecule has 2 rings (SSSR count). The topological polar surface area (TPSA) is 89.2 Å². The molecule has 1 aliphatic rings. The summed E-state index contributed by atoms with van der Waals surface area (Å²) in [6.45, 7) is 4.69. The van der Waals surface area contributed by atoms with E-state index in [-0.39, 0.29) is 0 Å². The lowest BCUT2D eigenvalue weighted by molar-refractivity contribution is 0.539. The zero-order valence-corrected chi connectivity index (χ0v) is 10.7. The van der Waals surface area contributed by atoms with Gasteiger partial charge in [-0.1, -0.05) is 6.92 Å². The molecule has 0 spiro atoms. The molecule has 1 aliphatic heterocycles. The lowest BCUT2D eigenvalue weighted by Crippen LogP contribution is -2.57. The number of hydrogen-bond donors (Lipinski definition) is 1. The maximum atomic E-state index is 11.1. The van der Waals surface area contributed by atoms with Gasteiger partial charge in [0.25, 0.3) is 0 Å². The Kier molecular flexibility index (Phi) is 3.05. The number of nitrogens with two attached hydrogens (primary N) is 1. The minimum Gasteiger partial charge on any atom is -0.354 e. The van der Waals surface area contributed by atoms with Crippen molar-refractivity contribution < 1.29 is 8.42 Å². The fourth-order valence-corrected chi connectivity index (χ4v) is 2.56. The highest BCUT2D eigenvalue weighted by Gasteiger charge is 2.36. The number of aromatic nitrogens is 2. The molecule has 0 aliphatic carbocycles. The van der Waals surface area contributed by atoms with E-state index in [1.54, 1.807) is 0 Å². The van der Waals surface area contributed by atoms with E-state index in [4.69, 9.17) is 5.14 Å². The van der Waals surface area contributed by atoms with Crippen molar-refractivity contribution in [1.29, 1.82) is 0 Å². The molecule has 1 saturated heterocycles. The molecule has 1 fully saturated rings. The molecule has 1 aromatic rings. The third-order valence-electron chi connectivity index (χ3n) is 2.88. The van der Waals surface area contributed by atoms with Crippen molar-refractivity contribution in [3.63, 3.8) is 0 Å². The first kappa shape index (κ1) is 12.3. The summed E-state index contributed by atoms with van der Waals surface area (Å²) in [5.74, 6) is 1.49. The second-order valence-corrected chi connectivity index (χ2v) is 6.08. The molecule has 0 aromatic carbocycles. The molecule has 1 aromatic heterocycles. The van der Waals surface area contributed by atoms with Crippen molar-refractivity contribution in [2.24, 2.45) is 5.14 Å². The summed E-state index contributed by atoms with van der Waals surface area (Å²) < 4.78 is 22.2. The second kappa shape index (κ2) is 4.23. The first-order chi connectivity index (χ1) is 7.90. The largest absolute Gasteiger partial charge is 0.354 e. The summed E-state index contributed by atoms with van der Waals surface area (Å²) in [6, 6.07) is 1.90. The van der Waals surface area contributed by atoms with Crippen LogP contribution in [0.25, 0.3) is 0 Å². The lowest BCUT2D eigenvalue weighted by atomic mass is 10.2. The SMILES string of the molecule is CCc1cc(N2CC(S(N)(=O)=O)C2)nc(C)n1. The third kappa shape index (κ3) is 2.55. The zero-order chi connectivity index (χ0) is 12.6. The van der Waals surface area contributed by atoms with E-state index < -0.39 is 15.3 Å². The van der Waals surface area contributed by atoms with Crippen LogP contribution in [0.2, 0.25) is 0 Å². The van der Waals surface area contributed by atoms with Gasteiger partial charge >= 0.3 is 0 Å².